The zero-order valence-electron chi connectivity index (χ0n) is 19.7. The first-order valence-corrected chi connectivity index (χ1v) is 13.1. The number of nitrogens with zero attached hydrogens (tertiary/aromatic N) is 2. The number of hydrogen-bond acceptors (Lipinski definition) is 2. The molecule has 0 amide bonds. The van der Waals surface area contributed by atoms with Gasteiger partial charge in [-0.05, 0) is 85.6 Å². The second-order valence-corrected chi connectivity index (χ2v) is 11.5. The minimum Gasteiger partial charge on any atom is -0.381 e. The molecule has 1 aliphatic heterocycles. The van der Waals surface area contributed by atoms with E-state index in [9.17, 15) is 8.78 Å². The number of aromatic nitrogens is 3. The summed E-state index contributed by atoms with van der Waals surface area (Å²) in [4.78, 5) is 0. The van der Waals surface area contributed by atoms with Gasteiger partial charge >= 0.3 is 0 Å². The van der Waals surface area contributed by atoms with Crippen LogP contribution in [0.1, 0.15) is 68.5 Å². The number of rotatable bonds is 3. The fourth-order valence-electron chi connectivity index (χ4n) is 7.45. The van der Waals surface area contributed by atoms with Crippen LogP contribution >= 0.6 is 11.6 Å². The van der Waals surface area contributed by atoms with Crippen molar-refractivity contribution in [2.24, 2.45) is 11.3 Å². The van der Waals surface area contributed by atoms with Crippen LogP contribution in [0.3, 0.4) is 0 Å². The van der Waals surface area contributed by atoms with Gasteiger partial charge in [0.1, 0.15) is 5.15 Å². The number of aromatic amines is 1. The maximum Gasteiger partial charge on any atom is 0.160 e. The van der Waals surface area contributed by atoms with E-state index in [1.165, 1.54) is 49.1 Å². The van der Waals surface area contributed by atoms with Crippen LogP contribution in [0.15, 0.2) is 30.3 Å². The SMILES string of the molecule is CC1CC2(C1)CC(c1c(C3CCOCC3)n(-c3ccc(F)c(F)c3)c3cc4c(Cl)[nH]nc4cc13)C2. The molecule has 1 spiro atoms. The fourth-order valence-corrected chi connectivity index (χ4v) is 7.64. The normalized spacial score (nSPS) is 27.0. The minimum atomic E-state index is -0.836. The summed E-state index contributed by atoms with van der Waals surface area (Å²) < 4.78 is 36.3. The molecular weight excluding hydrogens is 468 g/mol. The van der Waals surface area contributed by atoms with E-state index in [2.05, 4.69) is 33.8 Å². The van der Waals surface area contributed by atoms with Gasteiger partial charge in [-0.2, -0.15) is 5.10 Å². The highest BCUT2D eigenvalue weighted by Crippen LogP contribution is 2.65. The molecule has 7 rings (SSSR count). The summed E-state index contributed by atoms with van der Waals surface area (Å²) in [7, 11) is 0. The molecule has 7 heteroatoms. The maximum absolute atomic E-state index is 14.5. The molecule has 2 aromatic heterocycles. The molecule has 182 valence electrons. The molecular formula is C28H28ClF2N3O. The van der Waals surface area contributed by atoms with E-state index in [0.717, 1.165) is 40.6 Å². The number of ether oxygens (including phenoxy) is 1. The van der Waals surface area contributed by atoms with E-state index >= 15 is 0 Å². The van der Waals surface area contributed by atoms with Crippen LogP contribution in [0.5, 0.6) is 0 Å². The molecule has 0 bridgehead atoms. The zero-order valence-corrected chi connectivity index (χ0v) is 20.5. The van der Waals surface area contributed by atoms with Gasteiger partial charge in [0.2, 0.25) is 0 Å². The highest BCUT2D eigenvalue weighted by atomic mass is 35.5. The smallest absolute Gasteiger partial charge is 0.160 e. The molecule has 1 N–H and O–H groups in total. The molecule has 35 heavy (non-hydrogen) atoms. The van der Waals surface area contributed by atoms with Crippen molar-refractivity contribution in [2.75, 3.05) is 13.2 Å². The Hall–Kier alpha value is -2.44. The fraction of sp³-hybridized carbons (Fsp3) is 0.464. The molecule has 3 heterocycles. The number of benzene rings is 2. The number of hydrogen-bond donors (Lipinski definition) is 1. The van der Waals surface area contributed by atoms with Crippen LogP contribution in [0.2, 0.25) is 5.15 Å². The molecule has 3 aliphatic rings. The van der Waals surface area contributed by atoms with Gasteiger partial charge in [-0.3, -0.25) is 5.10 Å². The second-order valence-electron chi connectivity index (χ2n) is 11.2. The van der Waals surface area contributed by atoms with Gasteiger partial charge in [0, 0.05) is 47.4 Å². The summed E-state index contributed by atoms with van der Waals surface area (Å²) in [6.45, 7) is 3.77. The van der Waals surface area contributed by atoms with Crippen LogP contribution in [-0.4, -0.2) is 28.0 Å². The van der Waals surface area contributed by atoms with Crippen molar-refractivity contribution in [3.05, 3.63) is 58.4 Å². The van der Waals surface area contributed by atoms with E-state index < -0.39 is 11.6 Å². The molecule has 2 aromatic carbocycles. The first kappa shape index (κ1) is 21.8. The number of fused-ring (bicyclic) bond motifs is 2. The Balaban J connectivity index is 1.50. The van der Waals surface area contributed by atoms with Gasteiger partial charge in [-0.25, -0.2) is 8.78 Å². The Kier molecular flexibility index (Phi) is 4.85. The van der Waals surface area contributed by atoms with Crippen LogP contribution in [0.25, 0.3) is 27.5 Å². The van der Waals surface area contributed by atoms with Gasteiger partial charge < -0.3 is 9.30 Å². The van der Waals surface area contributed by atoms with Crippen molar-refractivity contribution in [3.8, 4) is 5.69 Å². The third-order valence-electron chi connectivity index (χ3n) is 8.77. The molecule has 1 saturated heterocycles. The highest BCUT2D eigenvalue weighted by molar-refractivity contribution is 6.34. The first-order chi connectivity index (χ1) is 16.9. The van der Waals surface area contributed by atoms with Gasteiger partial charge in [-0.15, -0.1) is 0 Å². The van der Waals surface area contributed by atoms with E-state index in [4.69, 9.17) is 16.3 Å². The molecule has 4 nitrogen and oxygen atoms in total. The van der Waals surface area contributed by atoms with E-state index in [0.29, 0.717) is 41.3 Å². The van der Waals surface area contributed by atoms with Gasteiger partial charge in [-0.1, -0.05) is 18.5 Å². The maximum atomic E-state index is 14.5. The lowest BCUT2D eigenvalue weighted by Gasteiger charge is -2.57. The average molecular weight is 496 g/mol. The Morgan fingerprint density at radius 2 is 1.77 bits per heavy atom. The monoisotopic (exact) mass is 495 g/mol. The quantitative estimate of drug-likeness (QED) is 0.317. The average Bonchev–Trinajstić information content (AvgIpc) is 3.34. The Labute approximate surface area is 207 Å². The van der Waals surface area contributed by atoms with Crippen LogP contribution in [0.4, 0.5) is 8.78 Å². The molecule has 4 aromatic rings. The van der Waals surface area contributed by atoms with Crippen molar-refractivity contribution >= 4 is 33.4 Å². The molecule has 0 unspecified atom stereocenters. The van der Waals surface area contributed by atoms with Crippen LogP contribution in [-0.2, 0) is 4.74 Å². The van der Waals surface area contributed by atoms with E-state index in [1.54, 1.807) is 6.07 Å². The van der Waals surface area contributed by atoms with Gasteiger partial charge in [0.25, 0.3) is 0 Å². The summed E-state index contributed by atoms with van der Waals surface area (Å²) >= 11 is 6.44. The number of nitrogens with one attached hydrogen (secondary N) is 1. The largest absolute Gasteiger partial charge is 0.381 e. The lowest BCUT2D eigenvalue weighted by molar-refractivity contribution is -0.0342. The predicted octanol–water partition coefficient (Wildman–Crippen LogP) is 7.63. The third kappa shape index (κ3) is 3.29. The van der Waals surface area contributed by atoms with Gasteiger partial charge in [0.15, 0.2) is 11.6 Å². The molecule has 3 fully saturated rings. The molecule has 0 radical (unpaired) electrons. The van der Waals surface area contributed by atoms with E-state index in [1.807, 2.05) is 0 Å². The number of halogens is 3. The summed E-state index contributed by atoms with van der Waals surface area (Å²) in [5.74, 6) is -0.0994. The molecule has 2 saturated carbocycles. The van der Waals surface area contributed by atoms with Crippen molar-refractivity contribution in [1.29, 1.82) is 0 Å². The zero-order chi connectivity index (χ0) is 23.9. The van der Waals surface area contributed by atoms with Gasteiger partial charge in [0.05, 0.1) is 11.0 Å². The van der Waals surface area contributed by atoms with E-state index in [-0.39, 0.29) is 0 Å². The second kappa shape index (κ2) is 7.78. The highest BCUT2D eigenvalue weighted by Gasteiger charge is 2.53. The predicted molar refractivity (Wildman–Crippen MR) is 133 cm³/mol. The summed E-state index contributed by atoms with van der Waals surface area (Å²) in [5.41, 5.74) is 5.54. The van der Waals surface area contributed by atoms with Crippen LogP contribution < -0.4 is 0 Å². The van der Waals surface area contributed by atoms with Crippen molar-refractivity contribution < 1.29 is 13.5 Å². The topological polar surface area (TPSA) is 42.8 Å². The first-order valence-electron chi connectivity index (χ1n) is 12.7. The van der Waals surface area contributed by atoms with Crippen molar-refractivity contribution in [2.45, 2.75) is 57.3 Å². The van der Waals surface area contributed by atoms with Crippen molar-refractivity contribution in [1.82, 2.24) is 14.8 Å². The molecule has 2 aliphatic carbocycles. The lowest BCUT2D eigenvalue weighted by Crippen LogP contribution is -2.45. The third-order valence-corrected chi connectivity index (χ3v) is 9.06. The summed E-state index contributed by atoms with van der Waals surface area (Å²) in [6, 6.07) is 8.42. The minimum absolute atomic E-state index is 0.292. The van der Waals surface area contributed by atoms with Crippen molar-refractivity contribution in [3.63, 3.8) is 0 Å². The Morgan fingerprint density at radius 1 is 1.00 bits per heavy atom. The Morgan fingerprint density at radius 3 is 2.49 bits per heavy atom. The van der Waals surface area contributed by atoms with Crippen LogP contribution in [0, 0.1) is 23.0 Å². The summed E-state index contributed by atoms with van der Waals surface area (Å²) in [5, 5.41) is 9.80. The standard InChI is InChI=1S/C28H28ClF2N3O/c1-15-11-28(12-15)13-17(14-28)25-20-9-23-19(27(29)33-32-23)10-24(20)34(18-2-3-21(30)22(31)8-18)26(25)16-4-6-35-7-5-16/h2-3,8-10,15-17H,4-7,11-14H2,1H3,(H,32,33). The molecule has 0 atom stereocenters. The summed E-state index contributed by atoms with van der Waals surface area (Å²) in [6.07, 6.45) is 6.86. The Bertz CT molecular complexity index is 1450. The number of H-pyrrole nitrogens is 1. The lowest BCUT2D eigenvalue weighted by atomic mass is 9.47.